The second kappa shape index (κ2) is 5.05. The normalized spacial score (nSPS) is 10.3. The van der Waals surface area contributed by atoms with Crippen molar-refractivity contribution >= 4 is 48.3 Å². The smallest absolute Gasteiger partial charge is 0.205 e. The molecule has 0 amide bonds. The van der Waals surface area contributed by atoms with Crippen molar-refractivity contribution in [3.63, 3.8) is 0 Å². The highest BCUT2D eigenvalue weighted by Gasteiger charge is 2.00. The second-order valence-corrected chi connectivity index (χ2v) is 5.39. The lowest BCUT2D eigenvalue weighted by atomic mass is 10.2. The van der Waals surface area contributed by atoms with Gasteiger partial charge in [-0.2, -0.15) is 0 Å². The van der Waals surface area contributed by atoms with Gasteiger partial charge in [0.2, 0.25) is 5.13 Å². The van der Waals surface area contributed by atoms with Gasteiger partial charge in [0.15, 0.2) is 0 Å². The maximum atomic E-state index is 3.91. The fourth-order valence-electron chi connectivity index (χ4n) is 1.08. The quantitative estimate of drug-likeness (QED) is 0.919. The Morgan fingerprint density at radius 3 is 2.80 bits per heavy atom. The molecule has 0 saturated heterocycles. The number of hydrogen-bond donors (Lipinski definition) is 1. The molecule has 0 fully saturated rings. The number of benzene rings is 1. The van der Waals surface area contributed by atoms with Crippen molar-refractivity contribution in [3.05, 3.63) is 38.2 Å². The zero-order valence-corrected chi connectivity index (χ0v) is 11.6. The van der Waals surface area contributed by atoms with Crippen LogP contribution in [-0.2, 0) is 6.54 Å². The number of aromatic nitrogens is 2. The number of nitrogens with zero attached hydrogens (tertiary/aromatic N) is 2. The first-order valence-electron chi connectivity index (χ1n) is 4.19. The molecule has 0 bridgehead atoms. The van der Waals surface area contributed by atoms with E-state index >= 15 is 0 Å². The van der Waals surface area contributed by atoms with Crippen molar-refractivity contribution in [1.82, 2.24) is 10.2 Å². The maximum absolute atomic E-state index is 3.91. The molecule has 0 atom stereocenters. The van der Waals surface area contributed by atoms with Gasteiger partial charge in [0, 0.05) is 15.5 Å². The summed E-state index contributed by atoms with van der Waals surface area (Å²) in [6.45, 7) is 0.751. The molecule has 3 nitrogen and oxygen atoms in total. The predicted molar refractivity (Wildman–Crippen MR) is 69.1 cm³/mol. The van der Waals surface area contributed by atoms with Crippen LogP contribution in [0.5, 0.6) is 0 Å². The van der Waals surface area contributed by atoms with Gasteiger partial charge < -0.3 is 5.32 Å². The van der Waals surface area contributed by atoms with Crippen LogP contribution in [0.1, 0.15) is 5.56 Å². The summed E-state index contributed by atoms with van der Waals surface area (Å²) in [5.74, 6) is 0. The minimum absolute atomic E-state index is 0.751. The van der Waals surface area contributed by atoms with E-state index in [2.05, 4.69) is 59.5 Å². The van der Waals surface area contributed by atoms with Gasteiger partial charge >= 0.3 is 0 Å². The molecule has 2 aromatic rings. The Balaban J connectivity index is 2.02. The van der Waals surface area contributed by atoms with Crippen LogP contribution in [-0.4, -0.2) is 10.2 Å². The number of hydrogen-bond acceptors (Lipinski definition) is 4. The molecule has 6 heteroatoms. The van der Waals surface area contributed by atoms with Crippen molar-refractivity contribution in [3.8, 4) is 0 Å². The minimum Gasteiger partial charge on any atom is -0.356 e. The molecule has 0 spiro atoms. The molecule has 0 aliphatic heterocycles. The number of halogens is 2. The molecule has 15 heavy (non-hydrogen) atoms. The van der Waals surface area contributed by atoms with E-state index in [4.69, 9.17) is 0 Å². The number of nitrogens with one attached hydrogen (secondary N) is 1. The summed E-state index contributed by atoms with van der Waals surface area (Å²) in [7, 11) is 0. The number of anilines is 1. The van der Waals surface area contributed by atoms with Gasteiger partial charge in [-0.05, 0) is 49.6 Å². The van der Waals surface area contributed by atoms with Crippen LogP contribution in [0.15, 0.2) is 32.7 Å². The van der Waals surface area contributed by atoms with Crippen molar-refractivity contribution in [2.45, 2.75) is 6.54 Å². The summed E-state index contributed by atoms with van der Waals surface area (Å²) in [6, 6.07) is 6.14. The highest BCUT2D eigenvalue weighted by molar-refractivity contribution is 9.13. The summed E-state index contributed by atoms with van der Waals surface area (Å²) >= 11 is 8.39. The lowest BCUT2D eigenvalue weighted by molar-refractivity contribution is 1.05. The molecule has 2 rings (SSSR count). The van der Waals surface area contributed by atoms with E-state index in [9.17, 15) is 0 Å². The van der Waals surface area contributed by atoms with E-state index in [0.717, 1.165) is 20.6 Å². The van der Waals surface area contributed by atoms with Crippen LogP contribution < -0.4 is 5.32 Å². The van der Waals surface area contributed by atoms with E-state index in [1.807, 2.05) is 6.07 Å². The standard InChI is InChI=1S/C9H7Br2N3S/c10-7-2-1-6(3-8(7)11)4-12-9-14-13-5-15-9/h1-3,5H,4H2,(H,12,14). The van der Waals surface area contributed by atoms with Crippen LogP contribution in [0.2, 0.25) is 0 Å². The van der Waals surface area contributed by atoms with Crippen LogP contribution in [0.25, 0.3) is 0 Å². The first-order chi connectivity index (χ1) is 7.25. The van der Waals surface area contributed by atoms with Crippen molar-refractivity contribution in [1.29, 1.82) is 0 Å². The fourth-order valence-corrected chi connectivity index (χ4v) is 2.19. The molecule has 0 aliphatic carbocycles. The molecule has 1 aromatic heterocycles. The lowest BCUT2D eigenvalue weighted by Crippen LogP contribution is -1.98. The van der Waals surface area contributed by atoms with Crippen molar-refractivity contribution < 1.29 is 0 Å². The average Bonchev–Trinajstić information content (AvgIpc) is 2.73. The molecule has 0 radical (unpaired) electrons. The van der Waals surface area contributed by atoms with Gasteiger partial charge in [-0.1, -0.05) is 17.4 Å². The van der Waals surface area contributed by atoms with Crippen molar-refractivity contribution in [2.75, 3.05) is 5.32 Å². The molecule has 78 valence electrons. The third-order valence-corrected chi connectivity index (χ3v) is 4.32. The molecule has 0 saturated carbocycles. The fraction of sp³-hybridized carbons (Fsp3) is 0.111. The number of rotatable bonds is 3. The van der Waals surface area contributed by atoms with E-state index < -0.39 is 0 Å². The zero-order valence-electron chi connectivity index (χ0n) is 7.58. The molecular weight excluding hydrogens is 342 g/mol. The van der Waals surface area contributed by atoms with E-state index in [0.29, 0.717) is 0 Å². The van der Waals surface area contributed by atoms with E-state index in [1.165, 1.54) is 16.9 Å². The Labute approximate surface area is 108 Å². The largest absolute Gasteiger partial charge is 0.356 e. The van der Waals surface area contributed by atoms with Crippen LogP contribution >= 0.6 is 43.2 Å². The summed E-state index contributed by atoms with van der Waals surface area (Å²) in [4.78, 5) is 0. The average molecular weight is 349 g/mol. The van der Waals surface area contributed by atoms with Crippen LogP contribution in [0.3, 0.4) is 0 Å². The molecule has 1 heterocycles. The highest BCUT2D eigenvalue weighted by Crippen LogP contribution is 2.24. The topological polar surface area (TPSA) is 37.8 Å². The second-order valence-electron chi connectivity index (χ2n) is 2.85. The lowest BCUT2D eigenvalue weighted by Gasteiger charge is -2.03. The van der Waals surface area contributed by atoms with E-state index in [1.54, 1.807) is 5.51 Å². The molecule has 1 N–H and O–H groups in total. The summed E-state index contributed by atoms with van der Waals surface area (Å²) in [6.07, 6.45) is 0. The third-order valence-electron chi connectivity index (χ3n) is 1.79. The molecule has 0 aliphatic rings. The third kappa shape index (κ3) is 2.99. The first kappa shape index (κ1) is 11.0. The van der Waals surface area contributed by atoms with E-state index in [-0.39, 0.29) is 0 Å². The maximum Gasteiger partial charge on any atom is 0.205 e. The SMILES string of the molecule is Brc1ccc(CNc2nncs2)cc1Br. The van der Waals surface area contributed by atoms with Gasteiger partial charge in [0.1, 0.15) is 5.51 Å². The first-order valence-corrected chi connectivity index (χ1v) is 6.66. The van der Waals surface area contributed by atoms with Gasteiger partial charge in [-0.3, -0.25) is 0 Å². The molecular formula is C9H7Br2N3S. The zero-order chi connectivity index (χ0) is 10.7. The van der Waals surface area contributed by atoms with Gasteiger partial charge in [-0.15, -0.1) is 10.2 Å². The Kier molecular flexibility index (Phi) is 3.71. The van der Waals surface area contributed by atoms with Crippen LogP contribution in [0.4, 0.5) is 5.13 Å². The molecule has 1 aromatic carbocycles. The highest BCUT2D eigenvalue weighted by atomic mass is 79.9. The summed E-state index contributed by atoms with van der Waals surface area (Å²) in [5.41, 5.74) is 2.90. The monoisotopic (exact) mass is 347 g/mol. The van der Waals surface area contributed by atoms with Gasteiger partial charge in [0.25, 0.3) is 0 Å². The minimum atomic E-state index is 0.751. The van der Waals surface area contributed by atoms with Gasteiger partial charge in [-0.25, -0.2) is 0 Å². The Hall–Kier alpha value is -0.460. The Morgan fingerprint density at radius 2 is 2.13 bits per heavy atom. The Morgan fingerprint density at radius 1 is 1.27 bits per heavy atom. The summed E-state index contributed by atoms with van der Waals surface area (Å²) < 4.78 is 2.11. The molecule has 0 unspecified atom stereocenters. The predicted octanol–water partition coefficient (Wildman–Crippen LogP) is 3.68. The van der Waals surface area contributed by atoms with Crippen molar-refractivity contribution in [2.24, 2.45) is 0 Å². The van der Waals surface area contributed by atoms with Gasteiger partial charge in [0.05, 0.1) is 0 Å². The Bertz CT molecular complexity index is 445. The summed E-state index contributed by atoms with van der Waals surface area (Å²) in [5, 5.41) is 11.7. The van der Waals surface area contributed by atoms with Crippen LogP contribution in [0, 0.1) is 0 Å².